The van der Waals surface area contributed by atoms with E-state index in [4.69, 9.17) is 28.4 Å². The van der Waals surface area contributed by atoms with Gasteiger partial charge in [-0.3, -0.25) is 9.59 Å². The summed E-state index contributed by atoms with van der Waals surface area (Å²) in [5.41, 5.74) is 0. The van der Waals surface area contributed by atoms with Crippen molar-refractivity contribution in [2.24, 2.45) is 0 Å². The number of esters is 2. The normalized spacial score (nSPS) is 24.8. The van der Waals surface area contributed by atoms with Crippen LogP contribution in [0.2, 0.25) is 0 Å². The standard InChI is InChI=1S/C59H108O15/c1-3-5-7-9-11-13-15-17-19-20-21-22-23-24-25-26-28-30-32-34-36-38-40-42-51(62)72-47(44-69-50(61)41-39-37-35-33-31-29-27-18-16-14-12-10-8-6-4-2)45-70-58-57(68)55(66)53(64)49(74-58)46-71-59-56(67)54(65)52(63)48(43-60)73-59/h26,28,34,36,47-49,52-60,63-68H,3-25,27,29-33,35,37-46H2,1-2H3/b28-26+,36-34+/t47-,48+,49+,52-,53-,54?,55?,56?,57?,58+,59+/m1/s1. The van der Waals surface area contributed by atoms with Gasteiger partial charge in [-0.05, 0) is 44.9 Å². The van der Waals surface area contributed by atoms with E-state index in [9.17, 15) is 45.3 Å². The fourth-order valence-electron chi connectivity index (χ4n) is 9.53. The quantitative estimate of drug-likeness (QED) is 0.0171. The van der Waals surface area contributed by atoms with Crippen molar-refractivity contribution in [2.75, 3.05) is 26.4 Å². The lowest BCUT2D eigenvalue weighted by molar-refractivity contribution is -0.332. The van der Waals surface area contributed by atoms with Crippen LogP contribution in [-0.2, 0) is 38.0 Å². The van der Waals surface area contributed by atoms with Crippen LogP contribution in [0.4, 0.5) is 0 Å². The van der Waals surface area contributed by atoms with E-state index in [0.717, 1.165) is 38.5 Å². The van der Waals surface area contributed by atoms with E-state index < -0.39 is 99.3 Å². The highest BCUT2D eigenvalue weighted by atomic mass is 16.7. The van der Waals surface area contributed by atoms with Crippen LogP contribution in [0.15, 0.2) is 24.3 Å². The second-order valence-electron chi connectivity index (χ2n) is 21.2. The summed E-state index contributed by atoms with van der Waals surface area (Å²) in [6.07, 6.45) is 33.6. The summed E-state index contributed by atoms with van der Waals surface area (Å²) < 4.78 is 33.7. The third-order valence-electron chi connectivity index (χ3n) is 14.4. The van der Waals surface area contributed by atoms with Crippen LogP contribution in [0.3, 0.4) is 0 Å². The van der Waals surface area contributed by atoms with Crippen molar-refractivity contribution in [1.82, 2.24) is 0 Å². The van der Waals surface area contributed by atoms with E-state index >= 15 is 0 Å². The minimum Gasteiger partial charge on any atom is -0.462 e. The van der Waals surface area contributed by atoms with Gasteiger partial charge < -0.3 is 64.2 Å². The molecule has 0 radical (unpaired) electrons. The Bertz CT molecular complexity index is 1380. The maximum atomic E-state index is 13.1. The van der Waals surface area contributed by atoms with Crippen molar-refractivity contribution in [3.63, 3.8) is 0 Å². The molecule has 2 aliphatic rings. The first-order chi connectivity index (χ1) is 36.0. The minimum atomic E-state index is -1.77. The zero-order valence-corrected chi connectivity index (χ0v) is 46.3. The molecule has 0 bridgehead atoms. The maximum Gasteiger partial charge on any atom is 0.306 e. The Kier molecular flexibility index (Phi) is 42.3. The largest absolute Gasteiger partial charge is 0.462 e. The fraction of sp³-hybridized carbons (Fsp3) is 0.898. The topological polar surface area (TPSA) is 231 Å². The molecule has 4 unspecified atom stereocenters. The number of aliphatic hydroxyl groups is 7. The molecule has 7 N–H and O–H groups in total. The number of hydrogen-bond donors (Lipinski definition) is 7. The Labute approximate surface area is 447 Å². The first kappa shape index (κ1) is 68.1. The molecule has 0 amide bonds. The second-order valence-corrected chi connectivity index (χ2v) is 21.2. The summed E-state index contributed by atoms with van der Waals surface area (Å²) in [7, 11) is 0. The van der Waals surface area contributed by atoms with Gasteiger partial charge in [-0.25, -0.2) is 0 Å². The Morgan fingerprint density at radius 2 is 0.797 bits per heavy atom. The molecule has 0 saturated carbocycles. The lowest BCUT2D eigenvalue weighted by Crippen LogP contribution is -2.61. The Morgan fingerprint density at radius 3 is 1.27 bits per heavy atom. The van der Waals surface area contributed by atoms with Crippen LogP contribution in [0.1, 0.15) is 245 Å². The van der Waals surface area contributed by atoms with E-state index in [-0.39, 0.29) is 19.4 Å². The predicted molar refractivity (Wildman–Crippen MR) is 289 cm³/mol. The summed E-state index contributed by atoms with van der Waals surface area (Å²) in [5.74, 6) is -0.961. The number of ether oxygens (including phenoxy) is 6. The molecule has 2 aliphatic heterocycles. The molecule has 0 spiro atoms. The molecule has 0 aromatic carbocycles. The maximum absolute atomic E-state index is 13.1. The number of aliphatic hydroxyl groups excluding tert-OH is 7. The van der Waals surface area contributed by atoms with Gasteiger partial charge in [0.1, 0.15) is 55.4 Å². The van der Waals surface area contributed by atoms with Crippen molar-refractivity contribution in [3.05, 3.63) is 24.3 Å². The van der Waals surface area contributed by atoms with Crippen LogP contribution < -0.4 is 0 Å². The Balaban J connectivity index is 1.75. The third kappa shape index (κ3) is 32.7. The summed E-state index contributed by atoms with van der Waals surface area (Å²) in [4.78, 5) is 25.9. The number of rotatable bonds is 48. The van der Waals surface area contributed by atoms with Gasteiger partial charge in [-0.15, -0.1) is 0 Å². The average Bonchev–Trinajstić information content (AvgIpc) is 3.39. The van der Waals surface area contributed by atoms with E-state index in [0.29, 0.717) is 19.3 Å². The van der Waals surface area contributed by atoms with Crippen molar-refractivity contribution in [1.29, 1.82) is 0 Å². The SMILES string of the molecule is CCCCCCCCCCCCCCCC/C=C/CC/C=C/CCCC(=O)O[C@H](COC(=O)CCCCCCCCCCCCCCCCC)CO[C@H]1O[C@@H](CO[C@H]2O[C@@H](CO)[C@@H](O)C(O)C2O)[C@@H](O)C(O)C1O. The smallest absolute Gasteiger partial charge is 0.306 e. The Morgan fingerprint density at radius 1 is 0.419 bits per heavy atom. The van der Waals surface area contributed by atoms with E-state index in [1.165, 1.54) is 161 Å². The summed E-state index contributed by atoms with van der Waals surface area (Å²) in [6, 6.07) is 0. The highest BCUT2D eigenvalue weighted by Gasteiger charge is 2.47. The van der Waals surface area contributed by atoms with Crippen molar-refractivity contribution in [2.45, 2.75) is 313 Å². The highest BCUT2D eigenvalue weighted by molar-refractivity contribution is 5.70. The first-order valence-electron chi connectivity index (χ1n) is 29.9. The number of unbranched alkanes of at least 4 members (excludes halogenated alkanes) is 30. The first-order valence-corrected chi connectivity index (χ1v) is 29.9. The summed E-state index contributed by atoms with van der Waals surface area (Å²) in [5, 5.41) is 72.3. The zero-order valence-electron chi connectivity index (χ0n) is 46.3. The van der Waals surface area contributed by atoms with Gasteiger partial charge in [0.05, 0.1) is 19.8 Å². The molecular formula is C59H108O15. The van der Waals surface area contributed by atoms with Crippen LogP contribution >= 0.6 is 0 Å². The molecule has 11 atom stereocenters. The van der Waals surface area contributed by atoms with Gasteiger partial charge in [0, 0.05) is 12.8 Å². The van der Waals surface area contributed by atoms with Crippen LogP contribution in [0.5, 0.6) is 0 Å². The van der Waals surface area contributed by atoms with E-state index in [1.807, 2.05) is 0 Å². The second kappa shape index (κ2) is 45.9. The lowest BCUT2D eigenvalue weighted by Gasteiger charge is -2.42. The van der Waals surface area contributed by atoms with Gasteiger partial charge >= 0.3 is 11.9 Å². The van der Waals surface area contributed by atoms with Gasteiger partial charge in [0.15, 0.2) is 18.7 Å². The predicted octanol–water partition coefficient (Wildman–Crippen LogP) is 10.3. The molecule has 2 fully saturated rings. The monoisotopic (exact) mass is 1060 g/mol. The number of hydrogen-bond acceptors (Lipinski definition) is 15. The molecule has 74 heavy (non-hydrogen) atoms. The van der Waals surface area contributed by atoms with Gasteiger partial charge in [0.2, 0.25) is 0 Å². The molecule has 2 heterocycles. The molecule has 0 aliphatic carbocycles. The number of carbonyl (C=O) groups is 2. The van der Waals surface area contributed by atoms with Crippen LogP contribution in [0.25, 0.3) is 0 Å². The molecule has 2 rings (SSSR count). The van der Waals surface area contributed by atoms with Crippen molar-refractivity contribution in [3.8, 4) is 0 Å². The Hall–Kier alpha value is -2.02. The molecule has 15 nitrogen and oxygen atoms in total. The fourth-order valence-corrected chi connectivity index (χ4v) is 9.53. The number of allylic oxidation sites excluding steroid dienone is 4. The zero-order chi connectivity index (χ0) is 53.9. The van der Waals surface area contributed by atoms with E-state index in [2.05, 4.69) is 38.2 Å². The van der Waals surface area contributed by atoms with Crippen LogP contribution in [0, 0.1) is 0 Å². The van der Waals surface area contributed by atoms with Gasteiger partial charge in [-0.1, -0.05) is 212 Å². The minimum absolute atomic E-state index is 0.109. The van der Waals surface area contributed by atoms with Gasteiger partial charge in [-0.2, -0.15) is 0 Å². The molecule has 0 aromatic rings. The summed E-state index contributed by atoms with van der Waals surface area (Å²) >= 11 is 0. The van der Waals surface area contributed by atoms with Crippen molar-refractivity contribution >= 4 is 11.9 Å². The molecule has 2 saturated heterocycles. The molecular weight excluding hydrogens is 949 g/mol. The third-order valence-corrected chi connectivity index (χ3v) is 14.4. The molecule has 434 valence electrons. The molecule has 15 heteroatoms. The van der Waals surface area contributed by atoms with Crippen LogP contribution in [-0.4, -0.2) is 142 Å². The number of carbonyl (C=O) groups excluding carboxylic acids is 2. The average molecular weight is 1060 g/mol. The molecule has 0 aromatic heterocycles. The van der Waals surface area contributed by atoms with Gasteiger partial charge in [0.25, 0.3) is 0 Å². The van der Waals surface area contributed by atoms with E-state index in [1.54, 1.807) is 0 Å². The lowest BCUT2D eigenvalue weighted by atomic mass is 9.98. The van der Waals surface area contributed by atoms with Crippen molar-refractivity contribution < 1.29 is 73.8 Å². The highest BCUT2D eigenvalue weighted by Crippen LogP contribution is 2.27. The summed E-state index contributed by atoms with van der Waals surface area (Å²) in [6.45, 7) is 2.60.